The zero-order valence-corrected chi connectivity index (χ0v) is 14.1. The topological polar surface area (TPSA) is 47.9 Å². The molecule has 0 saturated carbocycles. The van der Waals surface area contributed by atoms with E-state index in [-0.39, 0.29) is 0 Å². The van der Waals surface area contributed by atoms with E-state index in [1.165, 1.54) is 11.3 Å². The molecule has 1 aliphatic rings. The van der Waals surface area contributed by atoms with Gasteiger partial charge in [0.25, 0.3) is 0 Å². The first-order valence-electron chi connectivity index (χ1n) is 6.67. The van der Waals surface area contributed by atoms with Gasteiger partial charge in [-0.15, -0.1) is 11.3 Å². The summed E-state index contributed by atoms with van der Waals surface area (Å²) in [5, 5.41) is 0. The smallest absolute Gasteiger partial charge is 0.363 e. The van der Waals surface area contributed by atoms with Crippen LogP contribution in [0.25, 0.3) is 6.08 Å². The van der Waals surface area contributed by atoms with Crippen molar-refractivity contribution in [1.82, 2.24) is 0 Å². The van der Waals surface area contributed by atoms with Crippen LogP contribution in [0.4, 0.5) is 0 Å². The van der Waals surface area contributed by atoms with Gasteiger partial charge in [0.05, 0.1) is 10.4 Å². The second-order valence-electron chi connectivity index (χ2n) is 4.44. The van der Waals surface area contributed by atoms with Crippen molar-refractivity contribution in [1.29, 1.82) is 0 Å². The first-order valence-corrected chi connectivity index (χ1v) is 8.28. The van der Waals surface area contributed by atoms with E-state index in [0.29, 0.717) is 18.2 Å². The highest BCUT2D eigenvalue weighted by atomic mass is 79.9. The summed E-state index contributed by atoms with van der Waals surface area (Å²) in [5.74, 6) is 0.652. The number of ether oxygens (including phenoxy) is 2. The van der Waals surface area contributed by atoms with E-state index < -0.39 is 5.97 Å². The van der Waals surface area contributed by atoms with Crippen molar-refractivity contribution in [2.24, 2.45) is 4.99 Å². The van der Waals surface area contributed by atoms with Gasteiger partial charge < -0.3 is 9.47 Å². The fraction of sp³-hybridized carbons (Fsp3) is 0.125. The van der Waals surface area contributed by atoms with Crippen LogP contribution < -0.4 is 4.74 Å². The van der Waals surface area contributed by atoms with Gasteiger partial charge in [-0.25, -0.2) is 9.79 Å². The number of benzene rings is 1. The Balaban J connectivity index is 1.84. The average molecular weight is 378 g/mol. The Morgan fingerprint density at radius 2 is 2.05 bits per heavy atom. The van der Waals surface area contributed by atoms with Crippen LogP contribution in [0, 0.1) is 0 Å². The summed E-state index contributed by atoms with van der Waals surface area (Å²) >= 11 is 4.92. The number of carbonyl (C=O) groups excluding carboxylic acids is 1. The molecular weight excluding hydrogens is 366 g/mol. The van der Waals surface area contributed by atoms with E-state index in [4.69, 9.17) is 9.47 Å². The van der Waals surface area contributed by atoms with E-state index >= 15 is 0 Å². The summed E-state index contributed by atoms with van der Waals surface area (Å²) in [7, 11) is 0. The summed E-state index contributed by atoms with van der Waals surface area (Å²) < 4.78 is 11.6. The number of hydrogen-bond acceptors (Lipinski definition) is 5. The van der Waals surface area contributed by atoms with E-state index in [9.17, 15) is 4.79 Å². The third kappa shape index (κ3) is 3.28. The molecule has 0 saturated heterocycles. The molecule has 0 fully saturated rings. The zero-order valence-electron chi connectivity index (χ0n) is 11.7. The lowest BCUT2D eigenvalue weighted by atomic mass is 10.2. The van der Waals surface area contributed by atoms with Crippen molar-refractivity contribution in [2.75, 3.05) is 6.61 Å². The first kappa shape index (κ1) is 15.0. The quantitative estimate of drug-likeness (QED) is 0.590. The van der Waals surface area contributed by atoms with Crippen molar-refractivity contribution < 1.29 is 14.3 Å². The van der Waals surface area contributed by atoms with Gasteiger partial charge in [0.1, 0.15) is 5.75 Å². The normalized spacial score (nSPS) is 15.8. The lowest BCUT2D eigenvalue weighted by molar-refractivity contribution is -0.129. The summed E-state index contributed by atoms with van der Waals surface area (Å²) in [4.78, 5) is 17.1. The van der Waals surface area contributed by atoms with Gasteiger partial charge in [0.2, 0.25) is 5.90 Å². The lowest BCUT2D eigenvalue weighted by Crippen LogP contribution is -2.05. The minimum Gasteiger partial charge on any atom is -0.494 e. The van der Waals surface area contributed by atoms with Gasteiger partial charge in [0, 0.05) is 10.4 Å². The van der Waals surface area contributed by atoms with Crippen molar-refractivity contribution in [3.05, 3.63) is 56.3 Å². The SMILES string of the molecule is CCOc1ccc(C2=N/C(=C\c3ccc(Br)s3)C(=O)O2)cc1. The lowest BCUT2D eigenvalue weighted by Gasteiger charge is -2.03. The molecule has 0 N–H and O–H groups in total. The Morgan fingerprint density at radius 1 is 1.27 bits per heavy atom. The highest BCUT2D eigenvalue weighted by molar-refractivity contribution is 9.11. The number of thiophene rings is 1. The van der Waals surface area contributed by atoms with Crippen LogP contribution in [-0.4, -0.2) is 18.5 Å². The Labute approximate surface area is 140 Å². The molecule has 1 aliphatic heterocycles. The second-order valence-corrected chi connectivity index (χ2v) is 6.93. The predicted octanol–water partition coefficient (Wildman–Crippen LogP) is 4.25. The third-order valence-corrected chi connectivity index (χ3v) is 4.48. The predicted molar refractivity (Wildman–Crippen MR) is 90.2 cm³/mol. The van der Waals surface area contributed by atoms with Crippen LogP contribution in [0.2, 0.25) is 0 Å². The maximum atomic E-state index is 11.9. The minimum absolute atomic E-state index is 0.304. The number of carbonyl (C=O) groups is 1. The standard InChI is InChI=1S/C16H12BrNO3S/c1-2-20-11-5-3-10(4-6-11)15-18-13(16(19)21-15)9-12-7-8-14(17)22-12/h3-9H,2H2,1H3/b13-9-. The maximum absolute atomic E-state index is 11.9. The molecule has 1 aromatic heterocycles. The molecule has 112 valence electrons. The molecule has 0 spiro atoms. The van der Waals surface area contributed by atoms with Crippen molar-refractivity contribution in [3.63, 3.8) is 0 Å². The molecule has 0 unspecified atom stereocenters. The molecule has 0 bridgehead atoms. The summed E-state index contributed by atoms with van der Waals surface area (Å²) in [6, 6.07) is 11.1. The van der Waals surface area contributed by atoms with Crippen molar-refractivity contribution >= 4 is 45.2 Å². The number of nitrogens with zero attached hydrogens (tertiary/aromatic N) is 1. The Bertz CT molecular complexity index is 762. The summed E-state index contributed by atoms with van der Waals surface area (Å²) in [6.07, 6.45) is 1.72. The molecule has 3 rings (SSSR count). The Kier molecular flexibility index (Phi) is 4.40. The van der Waals surface area contributed by atoms with E-state index in [1.54, 1.807) is 6.08 Å². The minimum atomic E-state index is -0.437. The van der Waals surface area contributed by atoms with E-state index in [0.717, 1.165) is 20.0 Å². The molecule has 22 heavy (non-hydrogen) atoms. The monoisotopic (exact) mass is 377 g/mol. The maximum Gasteiger partial charge on any atom is 0.363 e. The number of halogens is 1. The number of hydrogen-bond donors (Lipinski definition) is 0. The molecule has 2 aromatic rings. The van der Waals surface area contributed by atoms with Gasteiger partial charge in [0.15, 0.2) is 5.70 Å². The Morgan fingerprint density at radius 3 is 2.68 bits per heavy atom. The van der Waals surface area contributed by atoms with Crippen LogP contribution in [0.1, 0.15) is 17.4 Å². The van der Waals surface area contributed by atoms with Crippen LogP contribution in [0.3, 0.4) is 0 Å². The van der Waals surface area contributed by atoms with Gasteiger partial charge in [-0.2, -0.15) is 0 Å². The molecule has 0 aliphatic carbocycles. The average Bonchev–Trinajstić information content (AvgIpc) is 3.07. The fourth-order valence-electron chi connectivity index (χ4n) is 1.93. The van der Waals surface area contributed by atoms with Gasteiger partial charge >= 0.3 is 5.97 Å². The number of esters is 1. The van der Waals surface area contributed by atoms with Crippen LogP contribution in [0.5, 0.6) is 5.75 Å². The van der Waals surface area contributed by atoms with Gasteiger partial charge in [-0.05, 0) is 65.3 Å². The number of aliphatic imine (C=N–C) groups is 1. The first-order chi connectivity index (χ1) is 10.7. The number of cyclic esters (lactones) is 1. The summed E-state index contributed by atoms with van der Waals surface area (Å²) in [6.45, 7) is 2.54. The van der Waals surface area contributed by atoms with Crippen molar-refractivity contribution in [2.45, 2.75) is 6.92 Å². The van der Waals surface area contributed by atoms with Crippen LogP contribution in [-0.2, 0) is 9.53 Å². The van der Waals surface area contributed by atoms with Gasteiger partial charge in [-0.3, -0.25) is 0 Å². The summed E-state index contributed by atoms with van der Waals surface area (Å²) in [5.41, 5.74) is 1.05. The molecule has 0 amide bonds. The zero-order chi connectivity index (χ0) is 15.5. The molecule has 0 atom stereocenters. The van der Waals surface area contributed by atoms with E-state index in [2.05, 4.69) is 20.9 Å². The molecule has 2 heterocycles. The highest BCUT2D eigenvalue weighted by Crippen LogP contribution is 2.26. The van der Waals surface area contributed by atoms with Crippen LogP contribution >= 0.6 is 27.3 Å². The van der Waals surface area contributed by atoms with Crippen LogP contribution in [0.15, 0.2) is 50.9 Å². The molecule has 0 radical (unpaired) electrons. The molecular formula is C16H12BrNO3S. The second kappa shape index (κ2) is 6.46. The van der Waals surface area contributed by atoms with Crippen molar-refractivity contribution in [3.8, 4) is 5.75 Å². The fourth-order valence-corrected chi connectivity index (χ4v) is 3.29. The van der Waals surface area contributed by atoms with Gasteiger partial charge in [-0.1, -0.05) is 0 Å². The third-order valence-electron chi connectivity index (χ3n) is 2.91. The molecule has 6 heteroatoms. The molecule has 4 nitrogen and oxygen atoms in total. The largest absolute Gasteiger partial charge is 0.494 e. The highest BCUT2D eigenvalue weighted by Gasteiger charge is 2.24. The van der Waals surface area contributed by atoms with E-state index in [1.807, 2.05) is 43.3 Å². The Hall–Kier alpha value is -1.92. The number of rotatable bonds is 4. The molecule has 1 aromatic carbocycles.